The number of carbonyl (C=O) groups excluding carboxylic acids is 1. The first-order valence-corrected chi connectivity index (χ1v) is 8.15. The maximum atomic E-state index is 12.1. The largest absolute Gasteiger partial charge is 0.350 e. The van der Waals surface area contributed by atoms with Crippen molar-refractivity contribution in [2.45, 2.75) is 32.7 Å². The van der Waals surface area contributed by atoms with Crippen molar-refractivity contribution in [1.82, 2.24) is 24.4 Å². The molecule has 0 aliphatic carbocycles. The number of fused-ring (bicyclic) bond motifs is 1. The van der Waals surface area contributed by atoms with E-state index in [-0.39, 0.29) is 18.1 Å². The molecule has 8 nitrogen and oxygen atoms in total. The highest BCUT2D eigenvalue weighted by atomic mass is 32.1. The number of nitrogens with zero attached hydrogens (tertiary/aromatic N) is 5. The molecule has 0 saturated heterocycles. The molecule has 0 aliphatic rings. The average molecular weight is 332 g/mol. The molecule has 0 atom stereocenters. The zero-order chi connectivity index (χ0) is 16.2. The van der Waals surface area contributed by atoms with Crippen LogP contribution < -0.4 is 11.0 Å². The lowest BCUT2D eigenvalue weighted by Gasteiger charge is -1.99. The summed E-state index contributed by atoms with van der Waals surface area (Å²) in [5, 5.41) is 16.1. The van der Waals surface area contributed by atoms with Crippen LogP contribution in [0, 0.1) is 0 Å². The quantitative estimate of drug-likeness (QED) is 0.735. The first-order chi connectivity index (χ1) is 11.2. The first kappa shape index (κ1) is 15.3. The number of unbranched alkanes of at least 4 members (excludes halogenated alkanes) is 1. The van der Waals surface area contributed by atoms with Crippen LogP contribution in [0.25, 0.3) is 5.65 Å². The smallest absolute Gasteiger partial charge is 0.299 e. The second-order valence-electron chi connectivity index (χ2n) is 5.02. The van der Waals surface area contributed by atoms with Crippen molar-refractivity contribution in [2.24, 2.45) is 0 Å². The summed E-state index contributed by atoms with van der Waals surface area (Å²) >= 11 is 1.35. The highest BCUT2D eigenvalue weighted by Gasteiger charge is 2.12. The van der Waals surface area contributed by atoms with Crippen LogP contribution in [0.5, 0.6) is 0 Å². The Morgan fingerprint density at radius 2 is 2.22 bits per heavy atom. The molecule has 1 amide bonds. The van der Waals surface area contributed by atoms with Gasteiger partial charge in [0.2, 0.25) is 11.0 Å². The summed E-state index contributed by atoms with van der Waals surface area (Å²) in [7, 11) is 0. The number of pyridine rings is 1. The average Bonchev–Trinajstić information content (AvgIpc) is 3.11. The molecule has 0 aromatic carbocycles. The van der Waals surface area contributed by atoms with Gasteiger partial charge >= 0.3 is 5.69 Å². The van der Waals surface area contributed by atoms with Crippen LogP contribution >= 0.6 is 11.3 Å². The zero-order valence-electron chi connectivity index (χ0n) is 12.6. The minimum atomic E-state index is -0.353. The Labute approximate surface area is 135 Å². The molecular formula is C14H16N6O2S. The number of carbonyl (C=O) groups is 1. The summed E-state index contributed by atoms with van der Waals surface area (Å²) in [6, 6.07) is 5.23. The summed E-state index contributed by atoms with van der Waals surface area (Å²) in [6.45, 7) is 1.95. The first-order valence-electron chi connectivity index (χ1n) is 7.34. The fourth-order valence-corrected chi connectivity index (χ4v) is 2.90. The van der Waals surface area contributed by atoms with Crippen molar-refractivity contribution in [2.75, 3.05) is 5.32 Å². The van der Waals surface area contributed by atoms with Crippen molar-refractivity contribution >= 4 is 28.0 Å². The minimum absolute atomic E-state index is 0.162. The van der Waals surface area contributed by atoms with Gasteiger partial charge in [-0.3, -0.25) is 14.5 Å². The van der Waals surface area contributed by atoms with E-state index in [1.165, 1.54) is 15.7 Å². The highest BCUT2D eigenvalue weighted by Crippen LogP contribution is 2.16. The Morgan fingerprint density at radius 3 is 3.00 bits per heavy atom. The summed E-state index contributed by atoms with van der Waals surface area (Å²) in [6.07, 6.45) is 4.59. The molecular weight excluding hydrogens is 316 g/mol. The number of hydrogen-bond donors (Lipinski definition) is 1. The van der Waals surface area contributed by atoms with E-state index >= 15 is 0 Å². The van der Waals surface area contributed by atoms with Crippen molar-refractivity contribution in [1.29, 1.82) is 0 Å². The van der Waals surface area contributed by atoms with Crippen LogP contribution in [-0.2, 0) is 17.8 Å². The van der Waals surface area contributed by atoms with Gasteiger partial charge in [0.15, 0.2) is 5.65 Å². The maximum Gasteiger partial charge on any atom is 0.350 e. The Morgan fingerprint density at radius 1 is 1.35 bits per heavy atom. The Balaban J connectivity index is 1.67. The number of rotatable bonds is 6. The molecule has 3 aromatic rings. The predicted molar refractivity (Wildman–Crippen MR) is 86.6 cm³/mol. The van der Waals surface area contributed by atoms with Crippen LogP contribution in [-0.4, -0.2) is 30.3 Å². The Kier molecular flexibility index (Phi) is 4.47. The van der Waals surface area contributed by atoms with Crippen LogP contribution in [0.3, 0.4) is 0 Å². The molecule has 3 aromatic heterocycles. The van der Waals surface area contributed by atoms with Gasteiger partial charge in [-0.05, 0) is 18.6 Å². The van der Waals surface area contributed by atoms with Crippen LogP contribution in [0.2, 0.25) is 0 Å². The number of nitrogens with one attached hydrogen (secondary N) is 1. The third-order valence-electron chi connectivity index (χ3n) is 3.24. The van der Waals surface area contributed by atoms with Crippen molar-refractivity contribution in [3.8, 4) is 0 Å². The lowest BCUT2D eigenvalue weighted by Crippen LogP contribution is -2.28. The second-order valence-corrected chi connectivity index (χ2v) is 6.08. The van der Waals surface area contributed by atoms with E-state index in [1.807, 2.05) is 0 Å². The van der Waals surface area contributed by atoms with E-state index in [9.17, 15) is 9.59 Å². The Bertz CT molecular complexity index is 881. The third kappa shape index (κ3) is 3.45. The lowest BCUT2D eigenvalue weighted by atomic mass is 10.3. The number of aromatic nitrogens is 5. The second kappa shape index (κ2) is 6.69. The molecule has 0 radical (unpaired) electrons. The molecule has 0 spiro atoms. The standard InChI is InChI=1S/C14H16N6O2S/c1-2-3-7-12-16-17-13(23-12)15-11(21)9-20-14(22)19-8-5-4-6-10(19)18-20/h4-6,8H,2-3,7,9H2,1H3,(H,15,17,21). The fourth-order valence-electron chi connectivity index (χ4n) is 2.10. The van der Waals surface area contributed by atoms with Crippen molar-refractivity contribution in [3.63, 3.8) is 0 Å². The van der Waals surface area contributed by atoms with Gasteiger partial charge in [0, 0.05) is 12.6 Å². The molecule has 0 unspecified atom stereocenters. The van der Waals surface area contributed by atoms with Gasteiger partial charge in [-0.25, -0.2) is 9.48 Å². The van der Waals surface area contributed by atoms with E-state index in [0.29, 0.717) is 10.8 Å². The van der Waals surface area contributed by atoms with Crippen molar-refractivity contribution in [3.05, 3.63) is 39.9 Å². The molecule has 3 heterocycles. The van der Waals surface area contributed by atoms with Gasteiger partial charge in [-0.2, -0.15) is 0 Å². The monoisotopic (exact) mass is 332 g/mol. The molecule has 0 aliphatic heterocycles. The van der Waals surface area contributed by atoms with Gasteiger partial charge in [0.1, 0.15) is 11.6 Å². The topological polar surface area (TPSA) is 94.2 Å². The molecule has 1 N–H and O–H groups in total. The number of anilines is 1. The molecule has 0 bridgehead atoms. The summed E-state index contributed by atoms with van der Waals surface area (Å²) in [5.74, 6) is -0.353. The van der Waals surface area contributed by atoms with Crippen molar-refractivity contribution < 1.29 is 4.79 Å². The van der Waals surface area contributed by atoms with Gasteiger partial charge in [0.05, 0.1) is 0 Å². The highest BCUT2D eigenvalue weighted by molar-refractivity contribution is 7.15. The lowest BCUT2D eigenvalue weighted by molar-refractivity contribution is -0.117. The van der Waals surface area contributed by atoms with Gasteiger partial charge < -0.3 is 0 Å². The maximum absolute atomic E-state index is 12.1. The number of amides is 1. The number of aryl methyl sites for hydroxylation is 1. The molecule has 120 valence electrons. The van der Waals surface area contributed by atoms with E-state index in [1.54, 1.807) is 24.4 Å². The SMILES string of the molecule is CCCCc1nnc(NC(=O)Cn2nc3ccccn3c2=O)s1. The van der Waals surface area contributed by atoms with E-state index in [2.05, 4.69) is 27.5 Å². The van der Waals surface area contributed by atoms with Gasteiger partial charge in [0.25, 0.3) is 0 Å². The van der Waals surface area contributed by atoms with E-state index in [0.717, 1.165) is 29.0 Å². The van der Waals surface area contributed by atoms with Gasteiger partial charge in [-0.1, -0.05) is 30.7 Å². The van der Waals surface area contributed by atoms with Gasteiger partial charge in [-0.15, -0.1) is 15.3 Å². The van der Waals surface area contributed by atoms with Crippen LogP contribution in [0.4, 0.5) is 5.13 Å². The predicted octanol–water partition coefficient (Wildman–Crippen LogP) is 1.33. The number of hydrogen-bond acceptors (Lipinski definition) is 6. The van der Waals surface area contributed by atoms with E-state index in [4.69, 9.17) is 0 Å². The molecule has 9 heteroatoms. The van der Waals surface area contributed by atoms with Crippen LogP contribution in [0.15, 0.2) is 29.2 Å². The van der Waals surface area contributed by atoms with E-state index < -0.39 is 0 Å². The molecule has 23 heavy (non-hydrogen) atoms. The summed E-state index contributed by atoms with van der Waals surface area (Å²) in [4.78, 5) is 24.1. The molecule has 0 fully saturated rings. The summed E-state index contributed by atoms with van der Waals surface area (Å²) in [5.41, 5.74) is 0.153. The molecule has 3 rings (SSSR count). The fraction of sp³-hybridized carbons (Fsp3) is 0.357. The third-order valence-corrected chi connectivity index (χ3v) is 4.14. The zero-order valence-corrected chi connectivity index (χ0v) is 13.4. The molecule has 0 saturated carbocycles. The summed E-state index contributed by atoms with van der Waals surface area (Å²) < 4.78 is 2.52. The van der Waals surface area contributed by atoms with Crippen LogP contribution in [0.1, 0.15) is 24.8 Å². The normalized spacial score (nSPS) is 11.0. The Hall–Kier alpha value is -2.55. The minimum Gasteiger partial charge on any atom is -0.299 e.